The predicted molar refractivity (Wildman–Crippen MR) is 75.4 cm³/mol. The highest BCUT2D eigenvalue weighted by Gasteiger charge is 2.19. The largest absolute Gasteiger partial charge is 0.390 e. The molecule has 1 fully saturated rings. The van der Waals surface area contributed by atoms with E-state index >= 15 is 0 Å². The second kappa shape index (κ2) is 8.97. The van der Waals surface area contributed by atoms with Gasteiger partial charge in [0.1, 0.15) is 11.6 Å². The van der Waals surface area contributed by atoms with Gasteiger partial charge in [0.05, 0.1) is 0 Å². The first-order chi connectivity index (χ1) is 9.69. The molecule has 1 rings (SSSR count). The molecule has 20 heavy (non-hydrogen) atoms. The van der Waals surface area contributed by atoms with Crippen LogP contribution in [0.5, 0.6) is 0 Å². The summed E-state index contributed by atoms with van der Waals surface area (Å²) in [5.41, 5.74) is 0.0794. The van der Waals surface area contributed by atoms with Gasteiger partial charge in [0.15, 0.2) is 0 Å². The summed E-state index contributed by atoms with van der Waals surface area (Å²) in [6, 6.07) is 1.87. The quantitative estimate of drug-likeness (QED) is 0.385. The molecule has 0 radical (unpaired) electrons. The fraction of sp³-hybridized carbons (Fsp3) is 0.643. The summed E-state index contributed by atoms with van der Waals surface area (Å²) in [6.07, 6.45) is 4.65. The van der Waals surface area contributed by atoms with Crippen LogP contribution >= 0.6 is 0 Å². The summed E-state index contributed by atoms with van der Waals surface area (Å²) in [5, 5.41) is 14.5. The number of carbonyl (C=O) groups excluding carboxylic acids is 2. The van der Waals surface area contributed by atoms with Crippen molar-refractivity contribution >= 4 is 11.8 Å². The average Bonchev–Trinajstić information content (AvgIpc) is 2.85. The van der Waals surface area contributed by atoms with Gasteiger partial charge in [0.25, 0.3) is 5.91 Å². The molecule has 1 aliphatic heterocycles. The van der Waals surface area contributed by atoms with Gasteiger partial charge in [-0.15, -0.1) is 0 Å². The Labute approximate surface area is 119 Å². The van der Waals surface area contributed by atoms with E-state index in [4.69, 9.17) is 5.26 Å². The first kappa shape index (κ1) is 16.0. The molecule has 6 heteroatoms. The summed E-state index contributed by atoms with van der Waals surface area (Å²) in [6.45, 7) is 4.69. The molecule has 0 atom stereocenters. The molecule has 2 amide bonds. The number of carbonyl (C=O) groups is 2. The zero-order valence-corrected chi connectivity index (χ0v) is 11.9. The summed E-state index contributed by atoms with van der Waals surface area (Å²) < 4.78 is 0. The molecule has 6 nitrogen and oxygen atoms in total. The van der Waals surface area contributed by atoms with Gasteiger partial charge in [-0.3, -0.25) is 9.59 Å². The fourth-order valence-electron chi connectivity index (χ4n) is 1.97. The van der Waals surface area contributed by atoms with E-state index in [1.807, 2.05) is 17.9 Å². The molecule has 0 spiro atoms. The molecule has 0 aliphatic carbocycles. The molecule has 0 unspecified atom stereocenters. The number of rotatable bonds is 8. The van der Waals surface area contributed by atoms with Gasteiger partial charge in [0.2, 0.25) is 5.91 Å². The third-order valence-corrected chi connectivity index (χ3v) is 3.07. The first-order valence-electron chi connectivity index (χ1n) is 7.08. The summed E-state index contributed by atoms with van der Waals surface area (Å²) in [7, 11) is 0. The minimum absolute atomic E-state index is 0.0794. The normalized spacial score (nSPS) is 15.1. The second-order valence-electron chi connectivity index (χ2n) is 4.72. The van der Waals surface area contributed by atoms with Crippen molar-refractivity contribution in [2.75, 3.05) is 26.2 Å². The maximum atomic E-state index is 11.7. The monoisotopic (exact) mass is 278 g/mol. The number of nitriles is 1. The fourth-order valence-corrected chi connectivity index (χ4v) is 1.97. The Morgan fingerprint density at radius 3 is 2.90 bits per heavy atom. The van der Waals surface area contributed by atoms with Crippen LogP contribution in [-0.2, 0) is 9.59 Å². The highest BCUT2D eigenvalue weighted by Crippen LogP contribution is 2.09. The molecule has 0 saturated carbocycles. The Morgan fingerprint density at radius 2 is 2.30 bits per heavy atom. The minimum Gasteiger partial charge on any atom is -0.390 e. The maximum absolute atomic E-state index is 11.7. The number of amides is 2. The topological polar surface area (TPSA) is 85.2 Å². The Bertz CT molecular complexity index is 412. The van der Waals surface area contributed by atoms with E-state index in [1.165, 1.54) is 6.20 Å². The lowest BCUT2D eigenvalue weighted by Gasteiger charge is -2.15. The number of hydrogen-bond donors (Lipinski definition) is 2. The van der Waals surface area contributed by atoms with Crippen molar-refractivity contribution in [2.45, 2.75) is 32.6 Å². The lowest BCUT2D eigenvalue weighted by molar-refractivity contribution is -0.127. The molecular weight excluding hydrogens is 256 g/mol. The van der Waals surface area contributed by atoms with Crippen LogP contribution in [-0.4, -0.2) is 42.9 Å². The van der Waals surface area contributed by atoms with Crippen molar-refractivity contribution in [1.29, 1.82) is 5.26 Å². The zero-order chi connectivity index (χ0) is 14.8. The van der Waals surface area contributed by atoms with Crippen LogP contribution in [0.3, 0.4) is 0 Å². The Morgan fingerprint density at radius 1 is 1.50 bits per heavy atom. The van der Waals surface area contributed by atoms with Crippen molar-refractivity contribution in [2.24, 2.45) is 0 Å². The van der Waals surface area contributed by atoms with Crippen LogP contribution in [0, 0.1) is 11.3 Å². The van der Waals surface area contributed by atoms with Crippen LogP contribution < -0.4 is 10.6 Å². The number of nitrogens with zero attached hydrogens (tertiary/aromatic N) is 2. The summed E-state index contributed by atoms with van der Waals surface area (Å²) in [4.78, 5) is 24.9. The molecule has 0 bridgehead atoms. The van der Waals surface area contributed by atoms with Gasteiger partial charge < -0.3 is 15.5 Å². The first-order valence-corrected chi connectivity index (χ1v) is 7.08. The Hall–Kier alpha value is -2.03. The van der Waals surface area contributed by atoms with E-state index in [1.54, 1.807) is 0 Å². The van der Waals surface area contributed by atoms with Gasteiger partial charge in [-0.2, -0.15) is 5.26 Å². The van der Waals surface area contributed by atoms with Gasteiger partial charge in [-0.05, 0) is 19.3 Å². The number of likely N-dealkylation sites (tertiary alicyclic amines) is 1. The summed E-state index contributed by atoms with van der Waals surface area (Å²) >= 11 is 0. The average molecular weight is 278 g/mol. The molecule has 0 aromatic heterocycles. The Kier molecular flexibility index (Phi) is 7.18. The van der Waals surface area contributed by atoms with Gasteiger partial charge in [-0.1, -0.05) is 6.92 Å². The molecule has 1 saturated heterocycles. The van der Waals surface area contributed by atoms with E-state index in [2.05, 4.69) is 10.6 Å². The lowest BCUT2D eigenvalue weighted by atomic mass is 10.3. The number of nitrogens with one attached hydrogen (secondary N) is 2. The molecule has 1 aliphatic rings. The minimum atomic E-state index is -0.371. The summed E-state index contributed by atoms with van der Waals surface area (Å²) in [5.74, 6) is -0.179. The van der Waals surface area contributed by atoms with Crippen LogP contribution in [0.2, 0.25) is 0 Å². The van der Waals surface area contributed by atoms with E-state index in [9.17, 15) is 9.59 Å². The molecule has 0 aromatic rings. The molecule has 1 heterocycles. The van der Waals surface area contributed by atoms with E-state index in [0.717, 1.165) is 25.9 Å². The van der Waals surface area contributed by atoms with Crippen molar-refractivity contribution in [3.8, 4) is 6.07 Å². The highest BCUT2D eigenvalue weighted by atomic mass is 16.2. The molecule has 0 aromatic carbocycles. The molecule has 2 N–H and O–H groups in total. The van der Waals surface area contributed by atoms with Crippen molar-refractivity contribution in [3.05, 3.63) is 11.8 Å². The van der Waals surface area contributed by atoms with Crippen LogP contribution in [0.4, 0.5) is 0 Å². The third kappa shape index (κ3) is 5.31. The second-order valence-corrected chi connectivity index (χ2v) is 4.72. The standard InChI is InChI=1S/C14H22N4O2/c1-2-6-16-11-12(10-15)14(20)17-7-4-9-18-8-3-5-13(18)19/h11,16H,2-9H2,1H3,(H,17,20)/b12-11-. The van der Waals surface area contributed by atoms with Crippen LogP contribution in [0.15, 0.2) is 11.8 Å². The van der Waals surface area contributed by atoms with Crippen molar-refractivity contribution in [1.82, 2.24) is 15.5 Å². The van der Waals surface area contributed by atoms with Crippen molar-refractivity contribution in [3.63, 3.8) is 0 Å². The SMILES string of the molecule is CCCN/C=C(/C#N)C(=O)NCCCN1CCCC1=O. The Balaban J connectivity index is 2.23. The van der Waals surface area contributed by atoms with Crippen LogP contribution in [0.1, 0.15) is 32.6 Å². The third-order valence-electron chi connectivity index (χ3n) is 3.07. The van der Waals surface area contributed by atoms with E-state index < -0.39 is 0 Å². The lowest BCUT2D eigenvalue weighted by Crippen LogP contribution is -2.31. The maximum Gasteiger partial charge on any atom is 0.263 e. The van der Waals surface area contributed by atoms with Gasteiger partial charge >= 0.3 is 0 Å². The highest BCUT2D eigenvalue weighted by molar-refractivity contribution is 5.97. The molecular formula is C14H22N4O2. The predicted octanol–water partition coefficient (Wildman–Crippen LogP) is 0.522. The van der Waals surface area contributed by atoms with E-state index in [0.29, 0.717) is 25.9 Å². The van der Waals surface area contributed by atoms with E-state index in [-0.39, 0.29) is 17.4 Å². The van der Waals surface area contributed by atoms with Gasteiger partial charge in [-0.25, -0.2) is 0 Å². The molecule has 110 valence electrons. The van der Waals surface area contributed by atoms with Gasteiger partial charge in [0, 0.05) is 38.8 Å². The van der Waals surface area contributed by atoms with Crippen LogP contribution in [0.25, 0.3) is 0 Å². The van der Waals surface area contributed by atoms with Crippen molar-refractivity contribution < 1.29 is 9.59 Å². The number of hydrogen-bond acceptors (Lipinski definition) is 4. The zero-order valence-electron chi connectivity index (χ0n) is 11.9. The smallest absolute Gasteiger partial charge is 0.263 e.